The number of ether oxygens (including phenoxy) is 1. The molecule has 1 heterocycles. The Morgan fingerprint density at radius 2 is 1.68 bits per heavy atom. The molecule has 0 amide bonds. The maximum atomic E-state index is 5.21. The van der Waals surface area contributed by atoms with Crippen LogP contribution in [0.15, 0.2) is 48.5 Å². The van der Waals surface area contributed by atoms with Gasteiger partial charge in [0, 0.05) is 12.0 Å². The second-order valence-electron chi connectivity index (χ2n) is 5.18. The minimum absolute atomic E-state index is 0.808. The van der Waals surface area contributed by atoms with E-state index in [-0.39, 0.29) is 0 Å². The molecule has 0 spiro atoms. The van der Waals surface area contributed by atoms with Crippen molar-refractivity contribution in [3.63, 3.8) is 0 Å². The van der Waals surface area contributed by atoms with Gasteiger partial charge in [0.1, 0.15) is 5.75 Å². The van der Waals surface area contributed by atoms with Crippen LogP contribution in [-0.2, 0) is 6.42 Å². The van der Waals surface area contributed by atoms with Gasteiger partial charge in [-0.15, -0.1) is 0 Å². The Kier molecular flexibility index (Phi) is 3.92. The van der Waals surface area contributed by atoms with Crippen LogP contribution in [0.1, 0.15) is 18.3 Å². The molecule has 0 aliphatic carbocycles. The van der Waals surface area contributed by atoms with Gasteiger partial charge >= 0.3 is 0 Å². The lowest BCUT2D eigenvalue weighted by Gasteiger charge is -2.07. The van der Waals surface area contributed by atoms with E-state index in [1.165, 1.54) is 5.56 Å². The first-order chi connectivity index (χ1) is 10.7. The van der Waals surface area contributed by atoms with E-state index in [9.17, 15) is 0 Å². The quantitative estimate of drug-likeness (QED) is 0.734. The zero-order chi connectivity index (χ0) is 15.5. The second kappa shape index (κ2) is 6.02. The van der Waals surface area contributed by atoms with Crippen molar-refractivity contribution < 1.29 is 4.74 Å². The van der Waals surface area contributed by atoms with Crippen molar-refractivity contribution in [2.75, 3.05) is 7.11 Å². The van der Waals surface area contributed by atoms with Crippen molar-refractivity contribution in [2.24, 2.45) is 0 Å². The summed E-state index contributed by atoms with van der Waals surface area (Å²) in [5.74, 6) is 2.53. The highest BCUT2D eigenvalue weighted by atomic mass is 16.5. The Labute approximate surface area is 130 Å². The van der Waals surface area contributed by atoms with Crippen LogP contribution in [0.5, 0.6) is 5.75 Å². The fourth-order valence-corrected chi connectivity index (χ4v) is 2.30. The zero-order valence-corrected chi connectivity index (χ0v) is 13.1. The highest BCUT2D eigenvalue weighted by molar-refractivity contribution is 5.58. The number of nitrogens with zero attached hydrogens (tertiary/aromatic N) is 3. The summed E-state index contributed by atoms with van der Waals surface area (Å²) in [6.07, 6.45) is 0.808. The normalized spacial score (nSPS) is 10.7. The molecular weight excluding hydrogens is 274 g/mol. The first-order valence-corrected chi connectivity index (χ1v) is 7.38. The van der Waals surface area contributed by atoms with Crippen molar-refractivity contribution in [1.82, 2.24) is 14.8 Å². The number of methoxy groups -OCH3 is 1. The molecule has 0 fully saturated rings. The highest BCUT2D eigenvalue weighted by Gasteiger charge is 2.12. The maximum Gasteiger partial charge on any atom is 0.163 e. The van der Waals surface area contributed by atoms with E-state index in [0.29, 0.717) is 0 Å². The van der Waals surface area contributed by atoms with Gasteiger partial charge in [-0.1, -0.05) is 36.8 Å². The molecule has 0 unspecified atom stereocenters. The second-order valence-corrected chi connectivity index (χ2v) is 5.18. The number of hydrogen-bond acceptors (Lipinski definition) is 3. The third kappa shape index (κ3) is 2.72. The molecule has 112 valence electrons. The fraction of sp³-hybridized carbons (Fsp3) is 0.222. The largest absolute Gasteiger partial charge is 0.497 e. The average molecular weight is 293 g/mol. The number of benzene rings is 2. The molecule has 0 atom stereocenters. The average Bonchev–Trinajstić information content (AvgIpc) is 3.00. The van der Waals surface area contributed by atoms with Crippen molar-refractivity contribution in [3.05, 3.63) is 59.9 Å². The molecule has 0 aliphatic heterocycles. The van der Waals surface area contributed by atoms with E-state index in [2.05, 4.69) is 48.2 Å². The van der Waals surface area contributed by atoms with Gasteiger partial charge in [-0.25, -0.2) is 9.67 Å². The van der Waals surface area contributed by atoms with Gasteiger partial charge in [0.2, 0.25) is 0 Å². The summed E-state index contributed by atoms with van der Waals surface area (Å²) in [5.41, 5.74) is 3.27. The van der Waals surface area contributed by atoms with Crippen LogP contribution in [0.25, 0.3) is 17.1 Å². The summed E-state index contributed by atoms with van der Waals surface area (Å²) in [6, 6.07) is 16.2. The van der Waals surface area contributed by atoms with Crippen LogP contribution in [0, 0.1) is 6.92 Å². The van der Waals surface area contributed by atoms with E-state index >= 15 is 0 Å². The molecule has 3 aromatic rings. The molecule has 3 rings (SSSR count). The molecule has 0 N–H and O–H groups in total. The number of aryl methyl sites for hydroxylation is 2. The number of hydrogen-bond donors (Lipinski definition) is 0. The molecular formula is C18H19N3O. The van der Waals surface area contributed by atoms with E-state index < -0.39 is 0 Å². The third-order valence-electron chi connectivity index (χ3n) is 3.59. The van der Waals surface area contributed by atoms with Gasteiger partial charge in [0.05, 0.1) is 12.8 Å². The van der Waals surface area contributed by atoms with Crippen molar-refractivity contribution >= 4 is 0 Å². The van der Waals surface area contributed by atoms with Crippen LogP contribution in [0.2, 0.25) is 0 Å². The lowest BCUT2D eigenvalue weighted by atomic mass is 10.1. The Balaban J connectivity index is 2.09. The zero-order valence-electron chi connectivity index (χ0n) is 13.1. The van der Waals surface area contributed by atoms with Crippen LogP contribution >= 0.6 is 0 Å². The van der Waals surface area contributed by atoms with Crippen molar-refractivity contribution in [1.29, 1.82) is 0 Å². The summed E-state index contributed by atoms with van der Waals surface area (Å²) in [7, 11) is 1.66. The highest BCUT2D eigenvalue weighted by Crippen LogP contribution is 2.23. The fourth-order valence-electron chi connectivity index (χ4n) is 2.30. The van der Waals surface area contributed by atoms with Gasteiger partial charge in [0.25, 0.3) is 0 Å². The van der Waals surface area contributed by atoms with Crippen LogP contribution in [-0.4, -0.2) is 21.9 Å². The number of aromatic nitrogens is 3. The molecule has 0 saturated heterocycles. The Morgan fingerprint density at radius 1 is 1.00 bits per heavy atom. The van der Waals surface area contributed by atoms with E-state index in [1.807, 2.05) is 28.9 Å². The topological polar surface area (TPSA) is 39.9 Å². The predicted octanol–water partition coefficient (Wildman–Crippen LogP) is 3.81. The lowest BCUT2D eigenvalue weighted by Crippen LogP contribution is -2.00. The lowest BCUT2D eigenvalue weighted by molar-refractivity contribution is 0.414. The van der Waals surface area contributed by atoms with Crippen molar-refractivity contribution in [2.45, 2.75) is 20.3 Å². The van der Waals surface area contributed by atoms with Crippen LogP contribution < -0.4 is 4.74 Å². The molecule has 2 aromatic carbocycles. The number of rotatable bonds is 4. The van der Waals surface area contributed by atoms with Gasteiger partial charge in [-0.2, -0.15) is 5.10 Å². The van der Waals surface area contributed by atoms with E-state index in [0.717, 1.165) is 35.1 Å². The van der Waals surface area contributed by atoms with Crippen LogP contribution in [0.3, 0.4) is 0 Å². The molecule has 0 bridgehead atoms. The molecule has 0 aliphatic rings. The smallest absolute Gasteiger partial charge is 0.163 e. The van der Waals surface area contributed by atoms with Gasteiger partial charge in [-0.3, -0.25) is 0 Å². The summed E-state index contributed by atoms with van der Waals surface area (Å²) >= 11 is 0. The summed E-state index contributed by atoms with van der Waals surface area (Å²) in [5, 5.41) is 4.62. The minimum Gasteiger partial charge on any atom is -0.497 e. The molecule has 1 aromatic heterocycles. The minimum atomic E-state index is 0.808. The van der Waals surface area contributed by atoms with E-state index in [4.69, 9.17) is 4.74 Å². The van der Waals surface area contributed by atoms with E-state index in [1.54, 1.807) is 7.11 Å². The standard InChI is InChI=1S/C18H19N3O/c1-4-17-19-18(14-7-5-13(2)6-8-14)21(20-17)15-9-11-16(22-3)12-10-15/h5-12H,4H2,1-3H3. The Hall–Kier alpha value is -2.62. The first-order valence-electron chi connectivity index (χ1n) is 7.38. The molecule has 0 radical (unpaired) electrons. The summed E-state index contributed by atoms with van der Waals surface area (Å²) < 4.78 is 7.11. The monoisotopic (exact) mass is 293 g/mol. The Bertz CT molecular complexity index is 758. The SMILES string of the molecule is CCc1nc(-c2ccc(C)cc2)n(-c2ccc(OC)cc2)n1. The summed E-state index contributed by atoms with van der Waals surface area (Å²) in [6.45, 7) is 4.14. The summed E-state index contributed by atoms with van der Waals surface area (Å²) in [4.78, 5) is 4.67. The molecule has 4 nitrogen and oxygen atoms in total. The Morgan fingerprint density at radius 3 is 2.27 bits per heavy atom. The first kappa shape index (κ1) is 14.3. The maximum absolute atomic E-state index is 5.21. The molecule has 0 saturated carbocycles. The molecule has 22 heavy (non-hydrogen) atoms. The predicted molar refractivity (Wildman–Crippen MR) is 87.5 cm³/mol. The van der Waals surface area contributed by atoms with Gasteiger partial charge in [0.15, 0.2) is 11.6 Å². The van der Waals surface area contributed by atoms with Gasteiger partial charge in [-0.05, 0) is 31.2 Å². The third-order valence-corrected chi connectivity index (χ3v) is 3.59. The van der Waals surface area contributed by atoms with Crippen LogP contribution in [0.4, 0.5) is 0 Å². The molecule has 4 heteroatoms. The van der Waals surface area contributed by atoms with Gasteiger partial charge < -0.3 is 4.74 Å². The van der Waals surface area contributed by atoms with Crippen molar-refractivity contribution in [3.8, 4) is 22.8 Å².